The van der Waals surface area contributed by atoms with Gasteiger partial charge < -0.3 is 34.2 Å². The fourth-order valence-electron chi connectivity index (χ4n) is 5.40. The number of rotatable bonds is 5. The Hall–Kier alpha value is -3.51. The SMILES string of the molecule is CC1CN(C(=O)c2ccc(S(=O)CC(=O)N3CC4(COC(=O)N4)C3)c(Cl)c2)CCN1c1ccc2c(c1)OCO2. The maximum absolute atomic E-state index is 13.3. The lowest BCUT2D eigenvalue weighted by atomic mass is 9.92. The number of fused-ring (bicyclic) bond motifs is 1. The maximum Gasteiger partial charge on any atom is 0.407 e. The van der Waals surface area contributed by atoms with Crippen LogP contribution in [-0.4, -0.2) is 95.4 Å². The summed E-state index contributed by atoms with van der Waals surface area (Å²) >= 11 is 6.43. The van der Waals surface area contributed by atoms with E-state index in [1.807, 2.05) is 18.2 Å². The largest absolute Gasteiger partial charge is 0.454 e. The van der Waals surface area contributed by atoms with Crippen molar-refractivity contribution in [2.45, 2.75) is 23.4 Å². The number of ether oxygens (including phenoxy) is 3. The molecule has 2 unspecified atom stereocenters. The van der Waals surface area contributed by atoms with Gasteiger partial charge in [0.05, 0.1) is 20.7 Å². The van der Waals surface area contributed by atoms with Gasteiger partial charge in [-0.1, -0.05) is 11.6 Å². The number of piperazine rings is 1. The predicted octanol–water partition coefficient (Wildman–Crippen LogP) is 1.85. The van der Waals surface area contributed by atoms with E-state index < -0.39 is 22.4 Å². The van der Waals surface area contributed by atoms with Crippen LogP contribution in [0.1, 0.15) is 17.3 Å². The van der Waals surface area contributed by atoms with Crippen molar-refractivity contribution < 1.29 is 32.8 Å². The molecule has 4 heterocycles. The second-order valence-corrected chi connectivity index (χ2v) is 12.0. The van der Waals surface area contributed by atoms with E-state index in [9.17, 15) is 18.6 Å². The minimum atomic E-state index is -1.68. The van der Waals surface area contributed by atoms with Crippen LogP contribution in [0.15, 0.2) is 41.3 Å². The van der Waals surface area contributed by atoms with E-state index in [0.29, 0.717) is 43.2 Å². The number of cyclic esters (lactones) is 1. The standard InChI is InChI=1S/C26H27ClN4O7S/c1-16-10-29(6-7-31(16)18-3-4-20-21(9-18)38-15-37-20)24(33)17-2-5-22(19(27)8-17)39(35)11-23(32)30-12-26(13-30)14-36-25(34)28-26/h2-5,8-9,16H,6-7,10-15H2,1H3,(H,28,34). The molecule has 3 fully saturated rings. The molecule has 0 saturated carbocycles. The van der Waals surface area contributed by atoms with Gasteiger partial charge in [0, 0.05) is 56.1 Å². The van der Waals surface area contributed by atoms with Crippen molar-refractivity contribution in [2.75, 3.05) is 56.8 Å². The Morgan fingerprint density at radius 3 is 2.59 bits per heavy atom. The van der Waals surface area contributed by atoms with Crippen LogP contribution in [0.3, 0.4) is 0 Å². The van der Waals surface area contributed by atoms with Crippen LogP contribution < -0.4 is 19.7 Å². The topological polar surface area (TPSA) is 118 Å². The van der Waals surface area contributed by atoms with Gasteiger partial charge in [0.1, 0.15) is 17.9 Å². The smallest absolute Gasteiger partial charge is 0.407 e. The molecule has 6 rings (SSSR count). The molecule has 2 aromatic carbocycles. The number of anilines is 1. The summed E-state index contributed by atoms with van der Waals surface area (Å²) in [5.74, 6) is 0.753. The Balaban J connectivity index is 1.05. The van der Waals surface area contributed by atoms with Crippen LogP contribution in [-0.2, 0) is 20.3 Å². The average molecular weight is 575 g/mol. The quantitative estimate of drug-likeness (QED) is 0.575. The monoisotopic (exact) mass is 574 g/mol. The molecule has 11 nitrogen and oxygen atoms in total. The predicted molar refractivity (Wildman–Crippen MR) is 142 cm³/mol. The van der Waals surface area contributed by atoms with Crippen molar-refractivity contribution in [3.8, 4) is 11.5 Å². The zero-order valence-corrected chi connectivity index (χ0v) is 22.8. The Morgan fingerprint density at radius 1 is 1.08 bits per heavy atom. The van der Waals surface area contributed by atoms with Gasteiger partial charge in [0.15, 0.2) is 11.5 Å². The Labute approximate surface area is 232 Å². The summed E-state index contributed by atoms with van der Waals surface area (Å²) in [6.45, 7) is 4.83. The van der Waals surface area contributed by atoms with Crippen LogP contribution in [0, 0.1) is 0 Å². The molecule has 4 aliphatic heterocycles. The second-order valence-electron chi connectivity index (χ2n) is 10.2. The molecule has 13 heteroatoms. The Kier molecular flexibility index (Phi) is 6.54. The number of amides is 3. The van der Waals surface area contributed by atoms with Crippen molar-refractivity contribution in [3.63, 3.8) is 0 Å². The number of nitrogens with zero attached hydrogens (tertiary/aromatic N) is 3. The van der Waals surface area contributed by atoms with Crippen molar-refractivity contribution in [2.24, 2.45) is 0 Å². The third kappa shape index (κ3) is 4.87. The molecule has 0 bridgehead atoms. The van der Waals surface area contributed by atoms with Crippen molar-refractivity contribution in [1.82, 2.24) is 15.1 Å². The fraction of sp³-hybridized carbons (Fsp3) is 0.423. The van der Waals surface area contributed by atoms with Crippen LogP contribution >= 0.6 is 11.6 Å². The molecule has 2 atom stereocenters. The van der Waals surface area contributed by atoms with Crippen LogP contribution in [0.4, 0.5) is 10.5 Å². The number of likely N-dealkylation sites (tertiary alicyclic amines) is 1. The molecular formula is C26H27ClN4O7S. The number of carbonyl (C=O) groups excluding carboxylic acids is 3. The van der Waals surface area contributed by atoms with Gasteiger partial charge in [-0.15, -0.1) is 0 Å². The zero-order chi connectivity index (χ0) is 27.3. The summed E-state index contributed by atoms with van der Waals surface area (Å²) in [4.78, 5) is 43.0. The van der Waals surface area contributed by atoms with Gasteiger partial charge >= 0.3 is 6.09 Å². The van der Waals surface area contributed by atoms with Crippen molar-refractivity contribution >= 4 is 46.0 Å². The lowest BCUT2D eigenvalue weighted by Crippen LogP contribution is -2.70. The highest BCUT2D eigenvalue weighted by molar-refractivity contribution is 7.85. The summed E-state index contributed by atoms with van der Waals surface area (Å²) in [7, 11) is -1.68. The summed E-state index contributed by atoms with van der Waals surface area (Å²) in [5.41, 5.74) is 0.872. The summed E-state index contributed by atoms with van der Waals surface area (Å²) in [5, 5.41) is 2.89. The van der Waals surface area contributed by atoms with Crippen LogP contribution in [0.25, 0.3) is 0 Å². The van der Waals surface area contributed by atoms with E-state index in [4.69, 9.17) is 25.8 Å². The minimum absolute atomic E-state index is 0.0705. The van der Waals surface area contributed by atoms with E-state index in [1.54, 1.807) is 17.0 Å². The molecule has 4 aliphatic rings. The number of hydrogen-bond acceptors (Lipinski definition) is 8. The minimum Gasteiger partial charge on any atom is -0.454 e. The van der Waals surface area contributed by atoms with Gasteiger partial charge in [0.25, 0.3) is 5.91 Å². The van der Waals surface area contributed by atoms with Crippen LogP contribution in [0.2, 0.25) is 5.02 Å². The molecule has 0 aromatic heterocycles. The molecule has 39 heavy (non-hydrogen) atoms. The number of alkyl carbamates (subject to hydrolysis) is 1. The van der Waals surface area contributed by atoms with E-state index >= 15 is 0 Å². The summed E-state index contributed by atoms with van der Waals surface area (Å²) in [6, 6.07) is 10.6. The number of carbonyl (C=O) groups is 3. The van der Waals surface area contributed by atoms with E-state index in [-0.39, 0.29) is 42.0 Å². The molecule has 3 amide bonds. The first-order chi connectivity index (χ1) is 18.7. The molecule has 0 aliphatic carbocycles. The zero-order valence-electron chi connectivity index (χ0n) is 21.2. The molecule has 206 valence electrons. The molecule has 3 saturated heterocycles. The lowest BCUT2D eigenvalue weighted by Gasteiger charge is -2.45. The maximum atomic E-state index is 13.3. The Morgan fingerprint density at radius 2 is 1.87 bits per heavy atom. The number of nitrogens with one attached hydrogen (secondary N) is 1. The molecule has 0 radical (unpaired) electrons. The Bertz CT molecular complexity index is 1380. The third-order valence-electron chi connectivity index (χ3n) is 7.47. The van der Waals surface area contributed by atoms with Crippen molar-refractivity contribution in [1.29, 1.82) is 0 Å². The number of halogens is 1. The van der Waals surface area contributed by atoms with Crippen molar-refractivity contribution in [3.05, 3.63) is 47.0 Å². The average Bonchev–Trinajstić information content (AvgIpc) is 3.53. The van der Waals surface area contributed by atoms with E-state index in [1.165, 1.54) is 11.0 Å². The van der Waals surface area contributed by atoms with Gasteiger partial charge in [-0.2, -0.15) is 0 Å². The normalized spacial score (nSPS) is 21.8. The lowest BCUT2D eigenvalue weighted by molar-refractivity contribution is -0.136. The molecule has 2 aromatic rings. The molecule has 1 spiro atoms. The first-order valence-electron chi connectivity index (χ1n) is 12.6. The second kappa shape index (κ2) is 9.91. The van der Waals surface area contributed by atoms with Gasteiger partial charge in [-0.05, 0) is 37.3 Å². The van der Waals surface area contributed by atoms with Gasteiger partial charge in [0.2, 0.25) is 12.7 Å². The number of hydrogen-bond donors (Lipinski definition) is 1. The summed E-state index contributed by atoms with van der Waals surface area (Å²) < 4.78 is 28.7. The highest BCUT2D eigenvalue weighted by Crippen LogP contribution is 2.36. The first-order valence-corrected chi connectivity index (χ1v) is 14.3. The van der Waals surface area contributed by atoms with Gasteiger partial charge in [-0.25, -0.2) is 4.79 Å². The number of benzene rings is 2. The van der Waals surface area contributed by atoms with Crippen LogP contribution in [0.5, 0.6) is 11.5 Å². The third-order valence-corrected chi connectivity index (χ3v) is 9.25. The first kappa shape index (κ1) is 25.8. The summed E-state index contributed by atoms with van der Waals surface area (Å²) in [6.07, 6.45) is -0.492. The van der Waals surface area contributed by atoms with E-state index in [0.717, 1.165) is 17.2 Å². The van der Waals surface area contributed by atoms with E-state index in [2.05, 4.69) is 17.1 Å². The fourth-order valence-corrected chi connectivity index (χ4v) is 6.89. The van der Waals surface area contributed by atoms with Gasteiger partial charge in [-0.3, -0.25) is 13.8 Å². The highest BCUT2D eigenvalue weighted by Gasteiger charge is 2.51. The highest BCUT2D eigenvalue weighted by atomic mass is 35.5. The molecule has 1 N–H and O–H groups in total. The molecular weight excluding hydrogens is 548 g/mol.